The van der Waals surface area contributed by atoms with E-state index in [0.29, 0.717) is 23.2 Å². The van der Waals surface area contributed by atoms with Crippen molar-refractivity contribution in [2.75, 3.05) is 18.4 Å². The number of rotatable bonds is 4. The van der Waals surface area contributed by atoms with Gasteiger partial charge in [-0.15, -0.1) is 0 Å². The van der Waals surface area contributed by atoms with Crippen molar-refractivity contribution in [2.24, 2.45) is 0 Å². The zero-order valence-corrected chi connectivity index (χ0v) is 16.3. The molecule has 0 spiro atoms. The van der Waals surface area contributed by atoms with Crippen molar-refractivity contribution in [3.05, 3.63) is 58.3 Å². The van der Waals surface area contributed by atoms with Crippen molar-refractivity contribution in [3.8, 4) is 0 Å². The Balaban J connectivity index is 1.75. The number of carbonyl (C=O) groups excluding carboxylic acids is 1. The van der Waals surface area contributed by atoms with Crippen LogP contribution >= 0.6 is 15.9 Å². The van der Waals surface area contributed by atoms with Gasteiger partial charge in [0.15, 0.2) is 0 Å². The molecule has 0 saturated carbocycles. The van der Waals surface area contributed by atoms with E-state index in [9.17, 15) is 17.6 Å². The first-order chi connectivity index (χ1) is 12.4. The lowest BCUT2D eigenvalue weighted by molar-refractivity contribution is 0.102. The summed E-state index contributed by atoms with van der Waals surface area (Å²) in [6.07, 6.45) is 2.78. The average molecular weight is 441 g/mol. The quantitative estimate of drug-likeness (QED) is 0.780. The summed E-state index contributed by atoms with van der Waals surface area (Å²) in [5.41, 5.74) is 0.302. The summed E-state index contributed by atoms with van der Waals surface area (Å²) >= 11 is 3.20. The second-order valence-electron chi connectivity index (χ2n) is 6.07. The maximum Gasteiger partial charge on any atom is 0.258 e. The highest BCUT2D eigenvalue weighted by Crippen LogP contribution is 2.23. The number of benzene rings is 2. The third-order valence-electron chi connectivity index (χ3n) is 4.24. The number of nitrogens with zero attached hydrogens (tertiary/aromatic N) is 1. The maximum atomic E-state index is 13.8. The van der Waals surface area contributed by atoms with E-state index in [-0.39, 0.29) is 10.5 Å². The van der Waals surface area contributed by atoms with Crippen LogP contribution in [0.15, 0.2) is 51.8 Å². The second-order valence-corrected chi connectivity index (χ2v) is 8.92. The van der Waals surface area contributed by atoms with E-state index >= 15 is 0 Å². The smallest absolute Gasteiger partial charge is 0.258 e. The van der Waals surface area contributed by atoms with Crippen LogP contribution in [0.4, 0.5) is 10.1 Å². The van der Waals surface area contributed by atoms with E-state index in [1.807, 2.05) is 0 Å². The van der Waals surface area contributed by atoms with Crippen molar-refractivity contribution >= 4 is 37.5 Å². The Bertz CT molecular complexity index is 911. The minimum atomic E-state index is -3.52. The van der Waals surface area contributed by atoms with Gasteiger partial charge in [-0.2, -0.15) is 4.31 Å². The summed E-state index contributed by atoms with van der Waals surface area (Å²) in [5, 5.41) is 2.58. The van der Waals surface area contributed by atoms with Crippen LogP contribution in [0.5, 0.6) is 0 Å². The predicted molar refractivity (Wildman–Crippen MR) is 101 cm³/mol. The molecule has 2 aromatic rings. The van der Waals surface area contributed by atoms with Crippen LogP contribution in [-0.4, -0.2) is 31.7 Å². The Labute approximate surface area is 160 Å². The topological polar surface area (TPSA) is 66.5 Å². The molecule has 1 fully saturated rings. The fraction of sp³-hybridized carbons (Fsp3) is 0.278. The van der Waals surface area contributed by atoms with Gasteiger partial charge in [-0.1, -0.05) is 22.4 Å². The van der Waals surface area contributed by atoms with Crippen molar-refractivity contribution in [3.63, 3.8) is 0 Å². The zero-order chi connectivity index (χ0) is 18.7. The molecule has 0 aromatic heterocycles. The number of hydrogen-bond donors (Lipinski definition) is 1. The molecule has 1 aliphatic rings. The van der Waals surface area contributed by atoms with Crippen molar-refractivity contribution in [1.82, 2.24) is 4.31 Å². The molecule has 0 unspecified atom stereocenters. The summed E-state index contributed by atoms with van der Waals surface area (Å²) in [7, 11) is -3.52. The molecule has 1 aliphatic heterocycles. The second kappa shape index (κ2) is 7.85. The van der Waals surface area contributed by atoms with Gasteiger partial charge in [0.2, 0.25) is 10.0 Å². The molecular formula is C18H18BrFN2O3S. The van der Waals surface area contributed by atoms with Crippen molar-refractivity contribution in [2.45, 2.75) is 24.2 Å². The Morgan fingerprint density at radius 2 is 1.69 bits per heavy atom. The van der Waals surface area contributed by atoms with E-state index in [1.165, 1.54) is 46.8 Å². The highest BCUT2D eigenvalue weighted by Gasteiger charge is 2.25. The van der Waals surface area contributed by atoms with Gasteiger partial charge in [0.1, 0.15) is 5.82 Å². The monoisotopic (exact) mass is 440 g/mol. The SMILES string of the molecule is O=C(Nc1ccc(S(=O)(=O)N2CCCCC2)cc1)c1cc(Br)ccc1F. The van der Waals surface area contributed by atoms with Gasteiger partial charge < -0.3 is 5.32 Å². The first-order valence-electron chi connectivity index (χ1n) is 8.24. The molecule has 0 radical (unpaired) electrons. The van der Waals surface area contributed by atoms with Gasteiger partial charge in [-0.3, -0.25) is 4.79 Å². The molecule has 8 heteroatoms. The highest BCUT2D eigenvalue weighted by molar-refractivity contribution is 9.10. The molecule has 1 saturated heterocycles. The van der Waals surface area contributed by atoms with E-state index in [4.69, 9.17) is 0 Å². The normalized spacial score (nSPS) is 15.6. The van der Waals surface area contributed by atoms with Crippen LogP contribution in [0.1, 0.15) is 29.6 Å². The minimum Gasteiger partial charge on any atom is -0.322 e. The fourth-order valence-corrected chi connectivity index (χ4v) is 4.71. The zero-order valence-electron chi connectivity index (χ0n) is 13.9. The Morgan fingerprint density at radius 1 is 1.04 bits per heavy atom. The minimum absolute atomic E-state index is 0.0932. The molecule has 0 bridgehead atoms. The molecule has 26 heavy (non-hydrogen) atoms. The largest absolute Gasteiger partial charge is 0.322 e. The molecule has 5 nitrogen and oxygen atoms in total. The van der Waals surface area contributed by atoms with Crippen LogP contribution < -0.4 is 5.32 Å². The number of amides is 1. The van der Waals surface area contributed by atoms with Gasteiger partial charge >= 0.3 is 0 Å². The lowest BCUT2D eigenvalue weighted by atomic mass is 10.2. The standard InChI is InChI=1S/C18H18BrFN2O3S/c19-13-4-9-17(20)16(12-13)18(23)21-14-5-7-15(8-6-14)26(24,25)22-10-2-1-3-11-22/h4-9,12H,1-3,10-11H2,(H,21,23). The molecule has 1 amide bonds. The summed E-state index contributed by atoms with van der Waals surface area (Å²) in [5.74, 6) is -1.23. The molecular weight excluding hydrogens is 423 g/mol. The van der Waals surface area contributed by atoms with Crippen molar-refractivity contribution < 1.29 is 17.6 Å². The number of carbonyl (C=O) groups is 1. The van der Waals surface area contributed by atoms with E-state index < -0.39 is 21.7 Å². The van der Waals surface area contributed by atoms with Crippen LogP contribution in [-0.2, 0) is 10.0 Å². The molecule has 0 atom stereocenters. The molecule has 1 N–H and O–H groups in total. The lowest BCUT2D eigenvalue weighted by Crippen LogP contribution is -2.35. The van der Waals surface area contributed by atoms with E-state index in [0.717, 1.165) is 19.3 Å². The first kappa shape index (κ1) is 19.0. The third-order valence-corrected chi connectivity index (χ3v) is 6.64. The van der Waals surface area contributed by atoms with Gasteiger partial charge in [0.05, 0.1) is 10.5 Å². The average Bonchev–Trinajstić information content (AvgIpc) is 2.65. The Kier molecular flexibility index (Phi) is 5.74. The maximum absolute atomic E-state index is 13.8. The van der Waals surface area contributed by atoms with Crippen LogP contribution in [0.25, 0.3) is 0 Å². The van der Waals surface area contributed by atoms with Crippen LogP contribution in [0.3, 0.4) is 0 Å². The molecule has 3 rings (SSSR count). The number of sulfonamides is 1. The van der Waals surface area contributed by atoms with Crippen LogP contribution in [0, 0.1) is 5.82 Å². The predicted octanol–water partition coefficient (Wildman–Crippen LogP) is 4.02. The summed E-state index contributed by atoms with van der Waals surface area (Å²) < 4.78 is 41.1. The highest BCUT2D eigenvalue weighted by atomic mass is 79.9. The first-order valence-corrected chi connectivity index (χ1v) is 10.5. The number of piperidine rings is 1. The van der Waals surface area contributed by atoms with E-state index in [2.05, 4.69) is 21.2 Å². The van der Waals surface area contributed by atoms with Gasteiger partial charge in [-0.05, 0) is 55.3 Å². The molecule has 1 heterocycles. The summed E-state index contributed by atoms with van der Waals surface area (Å²) in [4.78, 5) is 12.4. The van der Waals surface area contributed by atoms with E-state index in [1.54, 1.807) is 0 Å². The van der Waals surface area contributed by atoms with Crippen LogP contribution in [0.2, 0.25) is 0 Å². The number of hydrogen-bond acceptors (Lipinski definition) is 3. The third kappa shape index (κ3) is 4.13. The number of anilines is 1. The fourth-order valence-electron chi connectivity index (χ4n) is 2.83. The Hall–Kier alpha value is -1.77. The molecule has 138 valence electrons. The Morgan fingerprint density at radius 3 is 2.35 bits per heavy atom. The summed E-state index contributed by atoms with van der Waals surface area (Å²) in [6, 6.07) is 10.0. The number of halogens is 2. The lowest BCUT2D eigenvalue weighted by Gasteiger charge is -2.25. The summed E-state index contributed by atoms with van der Waals surface area (Å²) in [6.45, 7) is 1.06. The van der Waals surface area contributed by atoms with Crippen molar-refractivity contribution in [1.29, 1.82) is 0 Å². The molecule has 2 aromatic carbocycles. The van der Waals surface area contributed by atoms with Gasteiger partial charge in [0, 0.05) is 23.2 Å². The van der Waals surface area contributed by atoms with Gasteiger partial charge in [0.25, 0.3) is 5.91 Å². The van der Waals surface area contributed by atoms with Gasteiger partial charge in [-0.25, -0.2) is 12.8 Å². The number of nitrogens with one attached hydrogen (secondary N) is 1. The molecule has 0 aliphatic carbocycles.